The van der Waals surface area contributed by atoms with E-state index in [4.69, 9.17) is 11.5 Å². The highest BCUT2D eigenvalue weighted by Gasteiger charge is 2.33. The number of aliphatic hydroxyl groups excluding tert-OH is 3. The minimum absolute atomic E-state index is 0.0225. The van der Waals surface area contributed by atoms with E-state index in [2.05, 4.69) is 42.5 Å². The van der Waals surface area contributed by atoms with Crippen LogP contribution in [0.2, 0.25) is 0 Å². The van der Waals surface area contributed by atoms with Gasteiger partial charge in [-0.15, -0.1) is 0 Å². The summed E-state index contributed by atoms with van der Waals surface area (Å²) in [5.74, 6) is -9.87. The Morgan fingerprint density at radius 2 is 1.05 bits per heavy atom. The van der Waals surface area contributed by atoms with E-state index in [1.807, 2.05) is 0 Å². The number of nitrogens with two attached hydrogens (primary N) is 2. The summed E-state index contributed by atoms with van der Waals surface area (Å²) >= 11 is 0. The maximum atomic E-state index is 13.3. The Balaban J connectivity index is 2.90. The monoisotopic (exact) mass is 866 g/mol. The van der Waals surface area contributed by atoms with Gasteiger partial charge in [0.05, 0.1) is 31.4 Å². The zero-order valence-electron chi connectivity index (χ0n) is 34.3. The summed E-state index contributed by atoms with van der Waals surface area (Å²) in [6, 6.07) is -1.11. The van der Waals surface area contributed by atoms with Crippen molar-refractivity contribution >= 4 is 59.1 Å². The molecule has 24 heteroatoms. The first kappa shape index (κ1) is 52.8. The number of unbranched alkanes of at least 4 members (excludes halogenated alkanes) is 1. The maximum Gasteiger partial charge on any atom is 0.328 e. The van der Waals surface area contributed by atoms with Crippen LogP contribution in [-0.2, 0) is 43.2 Å². The number of amides is 9. The number of hydrogen-bond acceptors (Lipinski definition) is 14. The van der Waals surface area contributed by atoms with Gasteiger partial charge < -0.3 is 74.4 Å². The summed E-state index contributed by atoms with van der Waals surface area (Å²) in [4.78, 5) is 126. The van der Waals surface area contributed by atoms with Gasteiger partial charge in [0.1, 0.15) is 30.2 Å². The van der Waals surface area contributed by atoms with Crippen LogP contribution in [0.1, 0.15) is 70.2 Å². The molecule has 0 radical (unpaired) electrons. The van der Waals surface area contributed by atoms with Crippen LogP contribution < -0.4 is 54.0 Å². The number of carbonyl (C=O) groups is 10. The molecule has 340 valence electrons. The third-order valence-corrected chi connectivity index (χ3v) is 8.72. The standard InChI is InChI=1S/C37H58N10O14/c1-18(42-32(55)22-10-6-5-7-11-22)31(54)44-24(13-14-25(39)51)34(57)46-29(20(3)49)36(59)41-17-27(53)45-28(19(2)48)35(58)40-16-26(52)43-23(12-8-9-15-38)33(56)47-30(21(4)50)37(60)61/h5-7,10-11,18-21,23-24,28-30,48-50H,8-9,12-17,38H2,1-4H3,(H2,39,51)(H,40,58)(H,41,59)(H,42,55)(H,43,52)(H,44,54)(H,45,53)(H,46,57)(H,47,56)(H,60,61)/t18-,19+,20+,21+,23-,24-,28-,29-,30-/m0/s1. The second kappa shape index (κ2) is 26.8. The molecule has 1 aromatic carbocycles. The highest BCUT2D eigenvalue weighted by molar-refractivity contribution is 5.99. The molecule has 0 saturated heterocycles. The summed E-state index contributed by atoms with van der Waals surface area (Å²) in [7, 11) is 0. The van der Waals surface area contributed by atoms with Gasteiger partial charge in [0.15, 0.2) is 6.04 Å². The molecule has 0 unspecified atom stereocenters. The third-order valence-electron chi connectivity index (χ3n) is 8.72. The van der Waals surface area contributed by atoms with Gasteiger partial charge in [-0.3, -0.25) is 43.2 Å². The fourth-order valence-corrected chi connectivity index (χ4v) is 5.28. The number of rotatable bonds is 27. The lowest BCUT2D eigenvalue weighted by Crippen LogP contribution is -2.60. The van der Waals surface area contributed by atoms with Crippen molar-refractivity contribution < 1.29 is 68.4 Å². The van der Waals surface area contributed by atoms with Crippen molar-refractivity contribution in [3.63, 3.8) is 0 Å². The summed E-state index contributed by atoms with van der Waals surface area (Å²) in [6.07, 6.45) is -4.52. The van der Waals surface area contributed by atoms with E-state index in [1.54, 1.807) is 18.2 Å². The molecular formula is C37H58N10O14. The number of carboxylic acids is 1. The highest BCUT2D eigenvalue weighted by Crippen LogP contribution is 2.05. The summed E-state index contributed by atoms with van der Waals surface area (Å²) in [5, 5.41) is 57.6. The van der Waals surface area contributed by atoms with Crippen LogP contribution in [0.5, 0.6) is 0 Å². The van der Waals surface area contributed by atoms with Crippen molar-refractivity contribution in [1.29, 1.82) is 0 Å². The van der Waals surface area contributed by atoms with Crippen LogP contribution in [0.3, 0.4) is 0 Å². The van der Waals surface area contributed by atoms with Crippen molar-refractivity contribution in [3.05, 3.63) is 35.9 Å². The molecule has 9 amide bonds. The van der Waals surface area contributed by atoms with Crippen molar-refractivity contribution in [3.8, 4) is 0 Å². The van der Waals surface area contributed by atoms with Gasteiger partial charge in [-0.25, -0.2) is 4.79 Å². The van der Waals surface area contributed by atoms with Gasteiger partial charge in [-0.05, 0) is 72.1 Å². The third kappa shape index (κ3) is 19.6. The van der Waals surface area contributed by atoms with E-state index >= 15 is 0 Å². The summed E-state index contributed by atoms with van der Waals surface area (Å²) < 4.78 is 0. The van der Waals surface area contributed by atoms with E-state index in [0.717, 1.165) is 20.8 Å². The molecule has 1 aromatic rings. The zero-order valence-corrected chi connectivity index (χ0v) is 34.3. The lowest BCUT2D eigenvalue weighted by Gasteiger charge is -2.26. The quantitative estimate of drug-likeness (QED) is 0.0366. The number of carbonyl (C=O) groups excluding carboxylic acids is 9. The molecule has 24 nitrogen and oxygen atoms in total. The molecule has 0 bridgehead atoms. The van der Waals surface area contributed by atoms with Crippen LogP contribution in [0.4, 0.5) is 0 Å². The Kier molecular flexibility index (Phi) is 23.2. The molecule has 1 rings (SSSR count). The molecule has 0 aromatic heterocycles. The Labute approximate surface area is 351 Å². The number of aliphatic hydroxyl groups is 3. The first-order chi connectivity index (χ1) is 28.6. The lowest BCUT2D eigenvalue weighted by atomic mass is 10.1. The number of hydrogen-bond donors (Lipinski definition) is 14. The van der Waals surface area contributed by atoms with Crippen molar-refractivity contribution in [2.75, 3.05) is 19.6 Å². The van der Waals surface area contributed by atoms with E-state index in [9.17, 15) is 68.4 Å². The zero-order chi connectivity index (χ0) is 46.4. The topological polar surface area (TPSA) is 400 Å². The summed E-state index contributed by atoms with van der Waals surface area (Å²) in [5.41, 5.74) is 11.0. The molecule has 0 saturated carbocycles. The predicted octanol–water partition coefficient (Wildman–Crippen LogP) is -5.92. The largest absolute Gasteiger partial charge is 0.480 e. The second-order valence-electron chi connectivity index (χ2n) is 14.0. The highest BCUT2D eigenvalue weighted by atomic mass is 16.4. The van der Waals surface area contributed by atoms with Crippen LogP contribution in [-0.4, -0.2) is 154 Å². The van der Waals surface area contributed by atoms with Gasteiger partial charge in [0.25, 0.3) is 5.91 Å². The van der Waals surface area contributed by atoms with Gasteiger partial charge in [0.2, 0.25) is 47.3 Å². The van der Waals surface area contributed by atoms with Crippen LogP contribution in [0, 0.1) is 0 Å². The van der Waals surface area contributed by atoms with Crippen molar-refractivity contribution in [2.45, 2.75) is 114 Å². The molecular weight excluding hydrogens is 808 g/mol. The molecule has 9 atom stereocenters. The molecule has 16 N–H and O–H groups in total. The molecule has 0 heterocycles. The van der Waals surface area contributed by atoms with Gasteiger partial charge in [-0.1, -0.05) is 18.2 Å². The van der Waals surface area contributed by atoms with Gasteiger partial charge in [-0.2, -0.15) is 0 Å². The first-order valence-corrected chi connectivity index (χ1v) is 19.3. The van der Waals surface area contributed by atoms with Gasteiger partial charge in [0, 0.05) is 12.0 Å². The van der Waals surface area contributed by atoms with Crippen LogP contribution in [0.15, 0.2) is 30.3 Å². The second-order valence-corrected chi connectivity index (χ2v) is 14.0. The van der Waals surface area contributed by atoms with Crippen molar-refractivity contribution in [2.24, 2.45) is 11.5 Å². The summed E-state index contributed by atoms with van der Waals surface area (Å²) in [6.45, 7) is 3.37. The Morgan fingerprint density at radius 1 is 0.574 bits per heavy atom. The molecule has 0 aliphatic rings. The molecule has 61 heavy (non-hydrogen) atoms. The van der Waals surface area contributed by atoms with E-state index in [1.165, 1.54) is 19.1 Å². The minimum Gasteiger partial charge on any atom is -0.480 e. The van der Waals surface area contributed by atoms with Crippen molar-refractivity contribution in [1.82, 2.24) is 42.5 Å². The Hall–Kier alpha value is -6.24. The van der Waals surface area contributed by atoms with E-state index < -0.39 is 127 Å². The Morgan fingerprint density at radius 3 is 1.52 bits per heavy atom. The maximum absolute atomic E-state index is 13.3. The number of primary amides is 1. The molecule has 0 aliphatic heterocycles. The fraction of sp³-hybridized carbons (Fsp3) is 0.568. The first-order valence-electron chi connectivity index (χ1n) is 19.3. The smallest absolute Gasteiger partial charge is 0.328 e. The van der Waals surface area contributed by atoms with E-state index in [-0.39, 0.29) is 31.4 Å². The minimum atomic E-state index is -1.74. The normalized spacial score (nSPS) is 15.3. The van der Waals surface area contributed by atoms with Crippen LogP contribution >= 0.6 is 0 Å². The average Bonchev–Trinajstić information content (AvgIpc) is 3.19. The molecule has 0 aliphatic carbocycles. The number of aliphatic carboxylic acids is 1. The van der Waals surface area contributed by atoms with E-state index in [0.29, 0.717) is 12.8 Å². The lowest BCUT2D eigenvalue weighted by molar-refractivity contribution is -0.145. The Bertz CT molecular complexity index is 1690. The van der Waals surface area contributed by atoms with Gasteiger partial charge >= 0.3 is 5.97 Å². The SMILES string of the molecule is C[C@H](NC(=O)c1ccccc1)C(=O)N[C@@H](CCC(N)=O)C(=O)N[C@H](C(=O)NCC(=O)N[C@H](C(=O)NCC(=O)N[C@@H](CCCCN)C(=O)N[C@H](C(=O)O)[C@@H](C)O)[C@@H](C)O)[C@@H](C)O. The average molecular weight is 867 g/mol. The molecule has 0 fully saturated rings. The number of benzene rings is 1. The fourth-order valence-electron chi connectivity index (χ4n) is 5.28. The molecule has 0 spiro atoms. The van der Waals surface area contributed by atoms with Crippen LogP contribution in [0.25, 0.3) is 0 Å². The predicted molar refractivity (Wildman–Crippen MR) is 213 cm³/mol. The number of nitrogens with one attached hydrogen (secondary N) is 8. The number of carboxylic acid groups (broad SMARTS) is 1.